The van der Waals surface area contributed by atoms with E-state index >= 15 is 0 Å². The minimum Gasteiger partial charge on any atom is -0.309 e. The SMILES string of the molecule is CCSc1ccc(C(NC)c2c(F)ccc(C)c2F)cc1. The maximum atomic E-state index is 14.3. The van der Waals surface area contributed by atoms with Crippen molar-refractivity contribution in [2.75, 3.05) is 12.8 Å². The Kier molecular flexibility index (Phi) is 5.37. The van der Waals surface area contributed by atoms with E-state index in [1.165, 1.54) is 12.1 Å². The lowest BCUT2D eigenvalue weighted by Gasteiger charge is -2.20. The van der Waals surface area contributed by atoms with Crippen LogP contribution in [0.5, 0.6) is 0 Å². The Hall–Kier alpha value is -1.39. The average Bonchev–Trinajstić information content (AvgIpc) is 2.49. The van der Waals surface area contributed by atoms with Crippen LogP contribution < -0.4 is 5.32 Å². The molecule has 0 aliphatic heterocycles. The van der Waals surface area contributed by atoms with Gasteiger partial charge in [-0.2, -0.15) is 0 Å². The van der Waals surface area contributed by atoms with E-state index in [0.717, 1.165) is 16.2 Å². The molecule has 1 nitrogen and oxygen atoms in total. The van der Waals surface area contributed by atoms with Gasteiger partial charge >= 0.3 is 0 Å². The van der Waals surface area contributed by atoms with Gasteiger partial charge in [0.25, 0.3) is 0 Å². The highest BCUT2D eigenvalue weighted by Gasteiger charge is 2.21. The Balaban J connectivity index is 2.42. The van der Waals surface area contributed by atoms with Crippen molar-refractivity contribution in [3.8, 4) is 0 Å². The molecular formula is C17H19F2NS. The first-order chi connectivity index (χ1) is 10.1. The van der Waals surface area contributed by atoms with Crippen LogP contribution in [0, 0.1) is 18.6 Å². The van der Waals surface area contributed by atoms with E-state index in [4.69, 9.17) is 0 Å². The molecule has 0 bridgehead atoms. The highest BCUT2D eigenvalue weighted by Crippen LogP contribution is 2.29. The lowest BCUT2D eigenvalue weighted by atomic mass is 9.96. The molecule has 112 valence electrons. The van der Waals surface area contributed by atoms with Gasteiger partial charge in [0.1, 0.15) is 11.6 Å². The Morgan fingerprint density at radius 3 is 2.33 bits per heavy atom. The zero-order valence-corrected chi connectivity index (χ0v) is 13.2. The second kappa shape index (κ2) is 7.05. The molecule has 1 atom stereocenters. The van der Waals surface area contributed by atoms with Gasteiger partial charge in [-0.3, -0.25) is 0 Å². The molecule has 2 rings (SSSR count). The molecule has 0 aliphatic rings. The van der Waals surface area contributed by atoms with Crippen LogP contribution in [0.1, 0.15) is 29.7 Å². The van der Waals surface area contributed by atoms with Gasteiger partial charge < -0.3 is 5.32 Å². The fraction of sp³-hybridized carbons (Fsp3) is 0.294. The topological polar surface area (TPSA) is 12.0 Å². The number of nitrogens with one attached hydrogen (secondary N) is 1. The van der Waals surface area contributed by atoms with Gasteiger partial charge in [0, 0.05) is 10.5 Å². The van der Waals surface area contributed by atoms with Crippen LogP contribution in [0.3, 0.4) is 0 Å². The van der Waals surface area contributed by atoms with Crippen molar-refractivity contribution in [2.45, 2.75) is 24.8 Å². The van der Waals surface area contributed by atoms with Crippen molar-refractivity contribution in [1.82, 2.24) is 5.32 Å². The predicted octanol–water partition coefficient (Wildman–Crippen LogP) is 4.69. The first kappa shape index (κ1) is 16.0. The van der Waals surface area contributed by atoms with Gasteiger partial charge in [-0.15, -0.1) is 11.8 Å². The van der Waals surface area contributed by atoms with Crippen LogP contribution in [0.15, 0.2) is 41.3 Å². The number of hydrogen-bond acceptors (Lipinski definition) is 2. The Bertz CT molecular complexity index is 611. The van der Waals surface area contributed by atoms with E-state index in [1.807, 2.05) is 24.3 Å². The first-order valence-electron chi connectivity index (χ1n) is 6.93. The van der Waals surface area contributed by atoms with Gasteiger partial charge in [-0.1, -0.05) is 25.1 Å². The zero-order chi connectivity index (χ0) is 15.4. The summed E-state index contributed by atoms with van der Waals surface area (Å²) in [7, 11) is 1.71. The second-order valence-electron chi connectivity index (χ2n) is 4.82. The average molecular weight is 307 g/mol. The Morgan fingerprint density at radius 2 is 1.76 bits per heavy atom. The van der Waals surface area contributed by atoms with Crippen LogP contribution >= 0.6 is 11.8 Å². The lowest BCUT2D eigenvalue weighted by Crippen LogP contribution is -2.21. The molecule has 2 aromatic carbocycles. The van der Waals surface area contributed by atoms with E-state index in [2.05, 4.69) is 12.2 Å². The van der Waals surface area contributed by atoms with Crippen LogP contribution in [0.2, 0.25) is 0 Å². The van der Waals surface area contributed by atoms with Gasteiger partial charge in [-0.05, 0) is 49.1 Å². The van der Waals surface area contributed by atoms with E-state index in [9.17, 15) is 8.78 Å². The Morgan fingerprint density at radius 1 is 1.10 bits per heavy atom. The normalized spacial score (nSPS) is 12.4. The summed E-state index contributed by atoms with van der Waals surface area (Å²) in [5.41, 5.74) is 1.37. The summed E-state index contributed by atoms with van der Waals surface area (Å²) < 4.78 is 28.4. The van der Waals surface area contributed by atoms with Gasteiger partial charge in [0.15, 0.2) is 0 Å². The van der Waals surface area contributed by atoms with Crippen LogP contribution in [-0.4, -0.2) is 12.8 Å². The number of halogens is 2. The fourth-order valence-corrected chi connectivity index (χ4v) is 3.01. The summed E-state index contributed by atoms with van der Waals surface area (Å²) in [5.74, 6) is -0.0125. The van der Waals surface area contributed by atoms with Crippen molar-refractivity contribution in [3.05, 3.63) is 64.7 Å². The van der Waals surface area contributed by atoms with E-state index < -0.39 is 17.7 Å². The minimum atomic E-state index is -0.524. The summed E-state index contributed by atoms with van der Waals surface area (Å²) in [4.78, 5) is 1.15. The van der Waals surface area contributed by atoms with E-state index in [0.29, 0.717) is 5.56 Å². The van der Waals surface area contributed by atoms with E-state index in [-0.39, 0.29) is 5.56 Å². The summed E-state index contributed by atoms with van der Waals surface area (Å²) in [6.07, 6.45) is 0. The largest absolute Gasteiger partial charge is 0.309 e. The number of hydrogen-bond donors (Lipinski definition) is 1. The second-order valence-corrected chi connectivity index (χ2v) is 6.15. The maximum Gasteiger partial charge on any atom is 0.134 e. The molecule has 0 saturated heterocycles. The fourth-order valence-electron chi connectivity index (χ4n) is 2.34. The molecule has 0 fully saturated rings. The van der Waals surface area contributed by atoms with Crippen molar-refractivity contribution in [2.24, 2.45) is 0 Å². The number of benzene rings is 2. The highest BCUT2D eigenvalue weighted by molar-refractivity contribution is 7.99. The minimum absolute atomic E-state index is 0.0772. The molecule has 1 N–H and O–H groups in total. The molecule has 0 aliphatic carbocycles. The summed E-state index contributed by atoms with van der Waals surface area (Å²) in [6.45, 7) is 3.73. The van der Waals surface area contributed by atoms with Crippen molar-refractivity contribution in [3.63, 3.8) is 0 Å². The maximum absolute atomic E-state index is 14.3. The standard InChI is InChI=1S/C17H19F2NS/c1-4-21-13-8-6-12(7-9-13)17(20-3)15-14(18)10-5-11(2)16(15)19/h5-10,17,20H,4H2,1-3H3. The number of aryl methyl sites for hydroxylation is 1. The van der Waals surface area contributed by atoms with Gasteiger partial charge in [-0.25, -0.2) is 8.78 Å². The van der Waals surface area contributed by atoms with Crippen molar-refractivity contribution < 1.29 is 8.78 Å². The first-order valence-corrected chi connectivity index (χ1v) is 7.91. The molecule has 21 heavy (non-hydrogen) atoms. The predicted molar refractivity (Wildman–Crippen MR) is 84.8 cm³/mol. The molecule has 0 saturated carbocycles. The zero-order valence-electron chi connectivity index (χ0n) is 12.4. The molecule has 2 aromatic rings. The molecule has 0 aromatic heterocycles. The monoisotopic (exact) mass is 307 g/mol. The molecule has 0 radical (unpaired) electrons. The summed E-state index contributed by atoms with van der Waals surface area (Å²) >= 11 is 1.74. The molecule has 0 amide bonds. The summed E-state index contributed by atoms with van der Waals surface area (Å²) in [6, 6.07) is 10.1. The lowest BCUT2D eigenvalue weighted by molar-refractivity contribution is 0.517. The van der Waals surface area contributed by atoms with Crippen molar-refractivity contribution in [1.29, 1.82) is 0 Å². The summed E-state index contributed by atoms with van der Waals surface area (Å²) in [5, 5.41) is 3.01. The van der Waals surface area contributed by atoms with E-state index in [1.54, 1.807) is 25.7 Å². The highest BCUT2D eigenvalue weighted by atomic mass is 32.2. The van der Waals surface area contributed by atoms with Gasteiger partial charge in [0.05, 0.1) is 6.04 Å². The van der Waals surface area contributed by atoms with Gasteiger partial charge in [0.2, 0.25) is 0 Å². The molecule has 1 unspecified atom stereocenters. The smallest absolute Gasteiger partial charge is 0.134 e. The third-order valence-corrected chi connectivity index (χ3v) is 4.32. The quantitative estimate of drug-likeness (QED) is 0.804. The molecule has 0 heterocycles. The molecule has 4 heteroatoms. The van der Waals surface area contributed by atoms with Crippen LogP contribution in [0.25, 0.3) is 0 Å². The van der Waals surface area contributed by atoms with Crippen LogP contribution in [0.4, 0.5) is 8.78 Å². The molecule has 0 spiro atoms. The third kappa shape index (κ3) is 3.44. The Labute approximate surface area is 128 Å². The van der Waals surface area contributed by atoms with Crippen LogP contribution in [-0.2, 0) is 0 Å². The number of rotatable bonds is 5. The number of thioether (sulfide) groups is 1. The third-order valence-electron chi connectivity index (χ3n) is 3.42. The van der Waals surface area contributed by atoms with Crippen molar-refractivity contribution >= 4 is 11.8 Å². The molecular weight excluding hydrogens is 288 g/mol.